The highest BCUT2D eigenvalue weighted by Crippen LogP contribution is 2.16. The molecule has 1 aliphatic carbocycles. The van der Waals surface area contributed by atoms with Gasteiger partial charge in [0.15, 0.2) is 0 Å². The summed E-state index contributed by atoms with van der Waals surface area (Å²) in [5.41, 5.74) is -0.0545. The number of rotatable bonds is 5. The molecule has 1 amide bonds. The maximum atomic E-state index is 12.0. The molecule has 22 heavy (non-hydrogen) atoms. The highest BCUT2D eigenvalue weighted by atomic mass is 35.5. The molecule has 124 valence electrons. The zero-order valence-electron chi connectivity index (χ0n) is 13.1. The van der Waals surface area contributed by atoms with Crippen LogP contribution in [0.3, 0.4) is 0 Å². The number of amides is 1. The van der Waals surface area contributed by atoms with Crippen LogP contribution >= 0.6 is 12.4 Å². The molecule has 2 rings (SSSR count). The summed E-state index contributed by atoms with van der Waals surface area (Å²) >= 11 is 0. The maximum Gasteiger partial charge on any atom is 0.263 e. The molecule has 6 heteroatoms. The van der Waals surface area contributed by atoms with Crippen LogP contribution in [0.5, 0.6) is 0 Å². The van der Waals surface area contributed by atoms with Crippen molar-refractivity contribution >= 4 is 18.3 Å². The van der Waals surface area contributed by atoms with Crippen molar-refractivity contribution in [3.8, 4) is 0 Å². The first-order valence-electron chi connectivity index (χ1n) is 7.85. The molecule has 1 saturated carbocycles. The second-order valence-electron chi connectivity index (χ2n) is 5.74. The molecule has 2 N–H and O–H groups in total. The Bertz CT molecular complexity index is 522. The Morgan fingerprint density at radius 1 is 1.23 bits per heavy atom. The summed E-state index contributed by atoms with van der Waals surface area (Å²) in [5.74, 6) is -0.293. The van der Waals surface area contributed by atoms with Crippen LogP contribution in [0.1, 0.15) is 48.9 Å². The van der Waals surface area contributed by atoms with Crippen LogP contribution in [0.4, 0.5) is 0 Å². The molecule has 0 aliphatic heterocycles. The van der Waals surface area contributed by atoms with Gasteiger partial charge in [0, 0.05) is 32.4 Å². The number of aryl methyl sites for hydroxylation is 1. The highest BCUT2D eigenvalue weighted by Gasteiger charge is 2.12. The lowest BCUT2D eigenvalue weighted by Gasteiger charge is -2.16. The Labute approximate surface area is 137 Å². The number of pyridine rings is 1. The summed E-state index contributed by atoms with van der Waals surface area (Å²) in [6.45, 7) is 1.30. The van der Waals surface area contributed by atoms with E-state index in [4.69, 9.17) is 0 Å². The second kappa shape index (κ2) is 9.64. The van der Waals surface area contributed by atoms with E-state index in [1.54, 1.807) is 25.4 Å². The van der Waals surface area contributed by atoms with Crippen molar-refractivity contribution in [3.05, 3.63) is 34.2 Å². The number of aromatic nitrogens is 1. The molecule has 0 unspecified atom stereocenters. The summed E-state index contributed by atoms with van der Waals surface area (Å²) in [6.07, 6.45) is 9.37. The van der Waals surface area contributed by atoms with E-state index in [1.165, 1.54) is 43.1 Å². The Hall–Kier alpha value is -1.33. The van der Waals surface area contributed by atoms with E-state index in [1.807, 2.05) is 0 Å². The molecule has 1 aliphatic rings. The predicted octanol–water partition coefficient (Wildman–Crippen LogP) is 1.85. The van der Waals surface area contributed by atoms with Crippen molar-refractivity contribution in [2.45, 2.75) is 44.6 Å². The van der Waals surface area contributed by atoms with Gasteiger partial charge in [0.25, 0.3) is 11.5 Å². The predicted molar refractivity (Wildman–Crippen MR) is 90.8 cm³/mol. The van der Waals surface area contributed by atoms with Crippen LogP contribution in [-0.4, -0.2) is 29.6 Å². The van der Waals surface area contributed by atoms with Gasteiger partial charge in [-0.25, -0.2) is 0 Å². The number of hydrogen-bond donors (Lipinski definition) is 2. The van der Waals surface area contributed by atoms with Crippen molar-refractivity contribution in [1.29, 1.82) is 0 Å². The van der Waals surface area contributed by atoms with Crippen LogP contribution in [0, 0.1) is 0 Å². The normalized spacial score (nSPS) is 15.7. The first-order valence-corrected chi connectivity index (χ1v) is 7.85. The summed E-state index contributed by atoms with van der Waals surface area (Å²) in [4.78, 5) is 23.8. The van der Waals surface area contributed by atoms with Crippen molar-refractivity contribution in [1.82, 2.24) is 15.2 Å². The number of halogens is 1. The average molecular weight is 328 g/mol. The highest BCUT2D eigenvalue weighted by molar-refractivity contribution is 5.93. The first kappa shape index (κ1) is 18.7. The molecule has 0 atom stereocenters. The molecule has 0 aromatic carbocycles. The SMILES string of the molecule is Cl.Cn1cccc(C(=O)NCCNC2CCCCCC2)c1=O. The molecule has 1 aromatic rings. The first-order chi connectivity index (χ1) is 10.2. The van der Waals surface area contributed by atoms with Gasteiger partial charge in [0.1, 0.15) is 5.56 Å². The summed E-state index contributed by atoms with van der Waals surface area (Å²) < 4.78 is 1.42. The van der Waals surface area contributed by atoms with E-state index in [0.717, 1.165) is 6.54 Å². The maximum absolute atomic E-state index is 12.0. The van der Waals surface area contributed by atoms with Gasteiger partial charge < -0.3 is 15.2 Å². The van der Waals surface area contributed by atoms with Gasteiger partial charge in [0.05, 0.1) is 0 Å². The fourth-order valence-electron chi connectivity index (χ4n) is 2.80. The number of nitrogens with one attached hydrogen (secondary N) is 2. The third-order valence-corrected chi connectivity index (χ3v) is 4.07. The van der Waals surface area contributed by atoms with Crippen molar-refractivity contribution in [2.24, 2.45) is 7.05 Å². The minimum atomic E-state index is -0.293. The zero-order chi connectivity index (χ0) is 15.1. The topological polar surface area (TPSA) is 63.1 Å². The molecule has 1 heterocycles. The fraction of sp³-hybridized carbons (Fsp3) is 0.625. The number of carbonyl (C=O) groups is 1. The minimum absolute atomic E-state index is 0. The van der Waals surface area contributed by atoms with Gasteiger partial charge in [-0.05, 0) is 25.0 Å². The Morgan fingerprint density at radius 3 is 2.59 bits per heavy atom. The lowest BCUT2D eigenvalue weighted by Crippen LogP contribution is -2.38. The van der Waals surface area contributed by atoms with Gasteiger partial charge in [-0.15, -0.1) is 12.4 Å². The molecule has 5 nitrogen and oxygen atoms in total. The molecule has 0 saturated heterocycles. The monoisotopic (exact) mass is 327 g/mol. The van der Waals surface area contributed by atoms with Crippen LogP contribution in [-0.2, 0) is 7.05 Å². The standard InChI is InChI=1S/C16H25N3O2.ClH/c1-19-12-6-9-14(16(19)21)15(20)18-11-10-17-13-7-4-2-3-5-8-13;/h6,9,12-13,17H,2-5,7-8,10-11H2,1H3,(H,18,20);1H. The average Bonchev–Trinajstić information content (AvgIpc) is 2.75. The van der Waals surface area contributed by atoms with Gasteiger partial charge in [-0.1, -0.05) is 25.7 Å². The van der Waals surface area contributed by atoms with E-state index in [9.17, 15) is 9.59 Å². The van der Waals surface area contributed by atoms with E-state index >= 15 is 0 Å². The third-order valence-electron chi connectivity index (χ3n) is 4.07. The van der Waals surface area contributed by atoms with Crippen molar-refractivity contribution in [3.63, 3.8) is 0 Å². The Morgan fingerprint density at radius 2 is 1.91 bits per heavy atom. The number of nitrogens with zero attached hydrogens (tertiary/aromatic N) is 1. The third kappa shape index (κ3) is 5.46. The van der Waals surface area contributed by atoms with Crippen molar-refractivity contribution in [2.75, 3.05) is 13.1 Å². The lowest BCUT2D eigenvalue weighted by molar-refractivity contribution is 0.0951. The molecule has 0 radical (unpaired) electrons. The van der Waals surface area contributed by atoms with Gasteiger partial charge in [-0.3, -0.25) is 9.59 Å². The lowest BCUT2D eigenvalue weighted by atomic mass is 10.1. The van der Waals surface area contributed by atoms with Gasteiger partial charge >= 0.3 is 0 Å². The molecule has 0 spiro atoms. The molecule has 1 fully saturated rings. The number of hydrogen-bond acceptors (Lipinski definition) is 3. The summed E-state index contributed by atoms with van der Waals surface area (Å²) in [6, 6.07) is 3.85. The van der Waals surface area contributed by atoms with Crippen LogP contribution in [0.2, 0.25) is 0 Å². The molecular weight excluding hydrogens is 302 g/mol. The van der Waals surface area contributed by atoms with Gasteiger partial charge in [0.2, 0.25) is 0 Å². The van der Waals surface area contributed by atoms with Crippen LogP contribution < -0.4 is 16.2 Å². The summed E-state index contributed by atoms with van der Waals surface area (Å²) in [5, 5.41) is 6.30. The minimum Gasteiger partial charge on any atom is -0.351 e. The van der Waals surface area contributed by atoms with E-state index in [0.29, 0.717) is 12.6 Å². The molecule has 1 aromatic heterocycles. The van der Waals surface area contributed by atoms with Crippen LogP contribution in [0.25, 0.3) is 0 Å². The zero-order valence-corrected chi connectivity index (χ0v) is 14.0. The quantitative estimate of drug-likeness (QED) is 0.641. The summed E-state index contributed by atoms with van der Waals surface area (Å²) in [7, 11) is 1.65. The van der Waals surface area contributed by atoms with E-state index in [-0.39, 0.29) is 29.4 Å². The van der Waals surface area contributed by atoms with Crippen molar-refractivity contribution < 1.29 is 4.79 Å². The Kier molecular flexibility index (Phi) is 8.20. The largest absolute Gasteiger partial charge is 0.351 e. The Balaban J connectivity index is 0.00000242. The molecule has 0 bridgehead atoms. The van der Waals surface area contributed by atoms with Gasteiger partial charge in [-0.2, -0.15) is 0 Å². The smallest absolute Gasteiger partial charge is 0.263 e. The van der Waals surface area contributed by atoms with Crippen LogP contribution in [0.15, 0.2) is 23.1 Å². The number of carbonyl (C=O) groups excluding carboxylic acids is 1. The second-order valence-corrected chi connectivity index (χ2v) is 5.74. The molecular formula is C16H26ClN3O2. The van der Waals surface area contributed by atoms with E-state index < -0.39 is 0 Å². The fourth-order valence-corrected chi connectivity index (χ4v) is 2.80. The van der Waals surface area contributed by atoms with E-state index in [2.05, 4.69) is 10.6 Å².